The van der Waals surface area contributed by atoms with Crippen LogP contribution in [0.4, 0.5) is 11.4 Å². The van der Waals surface area contributed by atoms with E-state index in [1.54, 1.807) is 22.8 Å². The number of nitrogens with one attached hydrogen (secondary N) is 1. The number of carbonyl (C=O) groups excluding carboxylic acids is 1. The lowest BCUT2D eigenvalue weighted by atomic mass is 10.1. The maximum atomic E-state index is 13.2. The Balaban J connectivity index is 1.56. The van der Waals surface area contributed by atoms with Gasteiger partial charge in [0.1, 0.15) is 0 Å². The van der Waals surface area contributed by atoms with Crippen molar-refractivity contribution in [3.05, 3.63) is 104 Å². The standard InChI is InChI=1S/C24H20N4O4S/c1-16-6-8-17(9-7-16)14-27-23(30)20-4-2-3-5-21(20)26-24(27)33-15-22(29)25-18-10-12-19(13-11-18)28(31)32/h2-13H,14-15H2,1H3,(H,25,29). The number of nitro benzene ring substituents is 1. The van der Waals surface area contributed by atoms with E-state index in [2.05, 4.69) is 10.3 Å². The Morgan fingerprint density at radius 1 is 1.06 bits per heavy atom. The minimum atomic E-state index is -0.500. The first-order valence-corrected chi connectivity index (χ1v) is 11.1. The summed E-state index contributed by atoms with van der Waals surface area (Å²) in [6.07, 6.45) is 0. The lowest BCUT2D eigenvalue weighted by molar-refractivity contribution is -0.384. The van der Waals surface area contributed by atoms with Crippen LogP contribution in [0.1, 0.15) is 11.1 Å². The average molecular weight is 461 g/mol. The molecule has 0 saturated heterocycles. The zero-order valence-corrected chi connectivity index (χ0v) is 18.5. The van der Waals surface area contributed by atoms with Crippen molar-refractivity contribution in [3.8, 4) is 0 Å². The first-order chi connectivity index (χ1) is 15.9. The lowest BCUT2D eigenvalue weighted by Crippen LogP contribution is -2.25. The third-order valence-corrected chi connectivity index (χ3v) is 5.96. The second kappa shape index (κ2) is 9.66. The largest absolute Gasteiger partial charge is 0.325 e. The smallest absolute Gasteiger partial charge is 0.269 e. The summed E-state index contributed by atoms with van der Waals surface area (Å²) < 4.78 is 1.58. The van der Waals surface area contributed by atoms with Crippen LogP contribution in [0.2, 0.25) is 0 Å². The molecule has 8 nitrogen and oxygen atoms in total. The Morgan fingerprint density at radius 3 is 2.45 bits per heavy atom. The zero-order valence-electron chi connectivity index (χ0n) is 17.7. The predicted molar refractivity (Wildman–Crippen MR) is 129 cm³/mol. The van der Waals surface area contributed by atoms with Crippen molar-refractivity contribution >= 4 is 39.9 Å². The van der Waals surface area contributed by atoms with Gasteiger partial charge in [-0.2, -0.15) is 0 Å². The third kappa shape index (κ3) is 5.27. The van der Waals surface area contributed by atoms with E-state index < -0.39 is 4.92 Å². The first-order valence-electron chi connectivity index (χ1n) is 10.1. The van der Waals surface area contributed by atoms with Crippen LogP contribution in [0.3, 0.4) is 0 Å². The molecule has 1 N–H and O–H groups in total. The van der Waals surface area contributed by atoms with E-state index in [4.69, 9.17) is 0 Å². The van der Waals surface area contributed by atoms with E-state index in [1.807, 2.05) is 37.3 Å². The molecule has 0 radical (unpaired) electrons. The van der Waals surface area contributed by atoms with Crippen molar-refractivity contribution in [2.45, 2.75) is 18.6 Å². The molecule has 9 heteroatoms. The van der Waals surface area contributed by atoms with Gasteiger partial charge in [-0.1, -0.05) is 53.7 Å². The van der Waals surface area contributed by atoms with Gasteiger partial charge in [0.15, 0.2) is 5.16 Å². The number of aromatic nitrogens is 2. The molecule has 33 heavy (non-hydrogen) atoms. The summed E-state index contributed by atoms with van der Waals surface area (Å²) in [5.74, 6) is -0.284. The second-order valence-electron chi connectivity index (χ2n) is 7.43. The van der Waals surface area contributed by atoms with Crippen LogP contribution < -0.4 is 10.9 Å². The van der Waals surface area contributed by atoms with Gasteiger partial charge >= 0.3 is 0 Å². The molecule has 1 aromatic heterocycles. The highest BCUT2D eigenvalue weighted by molar-refractivity contribution is 7.99. The van der Waals surface area contributed by atoms with Crippen molar-refractivity contribution in [1.29, 1.82) is 0 Å². The minimum absolute atomic E-state index is 0.0235. The topological polar surface area (TPSA) is 107 Å². The van der Waals surface area contributed by atoms with Crippen molar-refractivity contribution in [3.63, 3.8) is 0 Å². The molecule has 1 amide bonds. The van der Waals surface area contributed by atoms with Gasteiger partial charge in [0.2, 0.25) is 5.91 Å². The van der Waals surface area contributed by atoms with E-state index in [-0.39, 0.29) is 22.9 Å². The molecule has 0 unspecified atom stereocenters. The van der Waals surface area contributed by atoms with E-state index in [0.29, 0.717) is 28.3 Å². The van der Waals surface area contributed by atoms with Crippen LogP contribution in [0.25, 0.3) is 10.9 Å². The van der Waals surface area contributed by atoms with E-state index >= 15 is 0 Å². The Morgan fingerprint density at radius 2 is 1.76 bits per heavy atom. The van der Waals surface area contributed by atoms with Crippen LogP contribution in [0.5, 0.6) is 0 Å². The number of anilines is 1. The second-order valence-corrected chi connectivity index (χ2v) is 8.37. The lowest BCUT2D eigenvalue weighted by Gasteiger charge is -2.13. The van der Waals surface area contributed by atoms with Gasteiger partial charge < -0.3 is 5.32 Å². The number of rotatable bonds is 7. The van der Waals surface area contributed by atoms with Crippen molar-refractivity contribution in [1.82, 2.24) is 9.55 Å². The number of hydrogen-bond acceptors (Lipinski definition) is 6. The fourth-order valence-electron chi connectivity index (χ4n) is 3.27. The number of nitro groups is 1. The van der Waals surface area contributed by atoms with E-state index in [0.717, 1.165) is 11.1 Å². The molecule has 0 aliphatic rings. The number of fused-ring (bicyclic) bond motifs is 1. The zero-order chi connectivity index (χ0) is 23.4. The molecule has 0 bridgehead atoms. The van der Waals surface area contributed by atoms with Crippen LogP contribution in [-0.2, 0) is 11.3 Å². The van der Waals surface area contributed by atoms with Crippen molar-refractivity contribution in [2.75, 3.05) is 11.1 Å². The van der Waals surface area contributed by atoms with Crippen molar-refractivity contribution in [2.24, 2.45) is 0 Å². The Labute approximate surface area is 193 Å². The number of thioether (sulfide) groups is 1. The maximum Gasteiger partial charge on any atom is 0.269 e. The number of nitrogens with zero attached hydrogens (tertiary/aromatic N) is 3. The highest BCUT2D eigenvalue weighted by Crippen LogP contribution is 2.20. The monoisotopic (exact) mass is 460 g/mol. The molecular formula is C24H20N4O4S. The van der Waals surface area contributed by atoms with Gasteiger partial charge in [0.05, 0.1) is 28.1 Å². The molecule has 3 aromatic carbocycles. The van der Waals surface area contributed by atoms with Crippen LogP contribution in [0.15, 0.2) is 82.7 Å². The summed E-state index contributed by atoms with van der Waals surface area (Å²) >= 11 is 1.17. The number of benzene rings is 3. The highest BCUT2D eigenvalue weighted by Gasteiger charge is 2.14. The summed E-state index contributed by atoms with van der Waals surface area (Å²) in [5, 5.41) is 14.4. The van der Waals surface area contributed by atoms with Gasteiger partial charge in [-0.3, -0.25) is 24.3 Å². The fraction of sp³-hybridized carbons (Fsp3) is 0.125. The quantitative estimate of drug-likeness (QED) is 0.190. The number of amides is 1. The summed E-state index contributed by atoms with van der Waals surface area (Å²) in [5.41, 5.74) is 2.88. The summed E-state index contributed by atoms with van der Waals surface area (Å²) in [6, 6.07) is 20.6. The molecular weight excluding hydrogens is 440 g/mol. The normalized spacial score (nSPS) is 10.8. The summed E-state index contributed by atoms with van der Waals surface area (Å²) in [7, 11) is 0. The molecule has 1 heterocycles. The van der Waals surface area contributed by atoms with Gasteiger partial charge in [-0.25, -0.2) is 4.98 Å². The average Bonchev–Trinajstić information content (AvgIpc) is 2.81. The number of carbonyl (C=O) groups is 1. The molecule has 166 valence electrons. The molecule has 0 aliphatic carbocycles. The Hall–Kier alpha value is -3.98. The Kier molecular flexibility index (Phi) is 6.50. The molecule has 4 rings (SSSR count). The molecule has 0 saturated carbocycles. The minimum Gasteiger partial charge on any atom is -0.325 e. The number of aryl methyl sites for hydroxylation is 1. The molecule has 0 atom stereocenters. The molecule has 0 aliphatic heterocycles. The van der Waals surface area contributed by atoms with E-state index in [9.17, 15) is 19.7 Å². The van der Waals surface area contributed by atoms with Gasteiger partial charge in [-0.05, 0) is 36.8 Å². The number of non-ortho nitro benzene ring substituents is 1. The van der Waals surface area contributed by atoms with Crippen LogP contribution >= 0.6 is 11.8 Å². The van der Waals surface area contributed by atoms with Gasteiger partial charge in [0, 0.05) is 17.8 Å². The molecule has 4 aromatic rings. The van der Waals surface area contributed by atoms with E-state index in [1.165, 1.54) is 36.0 Å². The summed E-state index contributed by atoms with van der Waals surface area (Å²) in [6.45, 7) is 2.33. The molecule has 0 fully saturated rings. The van der Waals surface area contributed by atoms with Crippen molar-refractivity contribution < 1.29 is 9.72 Å². The third-order valence-electron chi connectivity index (χ3n) is 4.98. The predicted octanol–water partition coefficient (Wildman–Crippen LogP) is 4.39. The van der Waals surface area contributed by atoms with Crippen LogP contribution in [0, 0.1) is 17.0 Å². The van der Waals surface area contributed by atoms with Crippen LogP contribution in [-0.4, -0.2) is 26.1 Å². The molecule has 0 spiro atoms. The number of para-hydroxylation sites is 1. The maximum absolute atomic E-state index is 13.2. The highest BCUT2D eigenvalue weighted by atomic mass is 32.2. The first kappa shape index (κ1) is 22.2. The number of hydrogen-bond donors (Lipinski definition) is 1. The Bertz CT molecular complexity index is 1380. The van der Waals surface area contributed by atoms with Gasteiger partial charge in [-0.15, -0.1) is 0 Å². The van der Waals surface area contributed by atoms with Gasteiger partial charge in [0.25, 0.3) is 11.2 Å². The fourth-order valence-corrected chi connectivity index (χ4v) is 4.07. The summed E-state index contributed by atoms with van der Waals surface area (Å²) in [4.78, 5) is 40.6. The SMILES string of the molecule is Cc1ccc(Cn2c(SCC(=O)Nc3ccc([N+](=O)[O-])cc3)nc3ccccc3c2=O)cc1.